The van der Waals surface area contributed by atoms with Crippen molar-refractivity contribution < 1.29 is 28.6 Å². The summed E-state index contributed by atoms with van der Waals surface area (Å²) in [6.45, 7) is 6.53. The summed E-state index contributed by atoms with van der Waals surface area (Å²) in [5.41, 5.74) is 1.85. The van der Waals surface area contributed by atoms with Crippen molar-refractivity contribution in [3.8, 4) is 5.75 Å². The van der Waals surface area contributed by atoms with Gasteiger partial charge in [-0.25, -0.2) is 9.59 Å². The van der Waals surface area contributed by atoms with Gasteiger partial charge in [-0.3, -0.25) is 9.59 Å². The van der Waals surface area contributed by atoms with Gasteiger partial charge in [0.15, 0.2) is 6.61 Å². The van der Waals surface area contributed by atoms with Gasteiger partial charge in [0.2, 0.25) is 5.91 Å². The van der Waals surface area contributed by atoms with Gasteiger partial charge >= 0.3 is 11.6 Å². The zero-order chi connectivity index (χ0) is 25.0. The molecule has 2 amide bonds. The van der Waals surface area contributed by atoms with E-state index in [0.717, 1.165) is 42.2 Å². The standard InChI is InChI=1S/C25H32N2O7/c1-13(2)21(23(29)27-22(14(3)4)24(30)31)26-20(28)12-33-15-9-10-17-16-7-5-6-8-18(16)25(32)34-19(17)11-15/h9-11,13-14,21-22H,5-8,12H2,1-4H3,(H,26,28)(H,27,29)(H,30,31)/t21-,22-/m0/s1. The molecule has 0 radical (unpaired) electrons. The van der Waals surface area contributed by atoms with E-state index in [1.165, 1.54) is 0 Å². The van der Waals surface area contributed by atoms with E-state index < -0.39 is 29.9 Å². The number of hydrogen-bond donors (Lipinski definition) is 3. The van der Waals surface area contributed by atoms with Crippen molar-refractivity contribution in [1.82, 2.24) is 10.6 Å². The van der Waals surface area contributed by atoms with Crippen LogP contribution in [0.4, 0.5) is 0 Å². The van der Waals surface area contributed by atoms with Crippen LogP contribution >= 0.6 is 0 Å². The van der Waals surface area contributed by atoms with Crippen LogP contribution in [0.25, 0.3) is 11.0 Å². The van der Waals surface area contributed by atoms with Gasteiger partial charge < -0.3 is 24.9 Å². The van der Waals surface area contributed by atoms with E-state index in [4.69, 9.17) is 9.15 Å². The van der Waals surface area contributed by atoms with Gasteiger partial charge in [0.1, 0.15) is 23.4 Å². The van der Waals surface area contributed by atoms with Crippen molar-refractivity contribution in [3.63, 3.8) is 0 Å². The Morgan fingerprint density at radius 1 is 1.00 bits per heavy atom. The summed E-state index contributed by atoms with van der Waals surface area (Å²) in [5, 5.41) is 15.3. The number of carboxylic acids is 1. The fourth-order valence-electron chi connectivity index (χ4n) is 4.17. The molecule has 0 aliphatic heterocycles. The summed E-state index contributed by atoms with van der Waals surface area (Å²) in [6, 6.07) is 3.17. The van der Waals surface area contributed by atoms with E-state index in [1.54, 1.807) is 39.8 Å². The predicted octanol–water partition coefficient (Wildman–Crippen LogP) is 2.42. The normalized spacial score (nSPS) is 15.0. The Hall–Kier alpha value is -3.36. The fourth-order valence-corrected chi connectivity index (χ4v) is 4.17. The van der Waals surface area contributed by atoms with Gasteiger partial charge in [0.25, 0.3) is 5.91 Å². The van der Waals surface area contributed by atoms with E-state index in [2.05, 4.69) is 10.6 Å². The minimum Gasteiger partial charge on any atom is -0.484 e. The molecule has 2 atom stereocenters. The molecule has 0 unspecified atom stereocenters. The Balaban J connectivity index is 1.66. The Morgan fingerprint density at radius 3 is 2.26 bits per heavy atom. The number of carboxylic acid groups (broad SMARTS) is 1. The largest absolute Gasteiger partial charge is 0.484 e. The summed E-state index contributed by atoms with van der Waals surface area (Å²) >= 11 is 0. The molecule has 3 rings (SSSR count). The Labute approximate surface area is 197 Å². The van der Waals surface area contributed by atoms with Crippen LogP contribution in [0, 0.1) is 11.8 Å². The van der Waals surface area contributed by atoms with Gasteiger partial charge in [-0.05, 0) is 55.2 Å². The topological polar surface area (TPSA) is 135 Å². The number of carbonyl (C=O) groups is 3. The molecule has 0 saturated heterocycles. The molecular formula is C25H32N2O7. The maximum absolute atomic E-state index is 12.6. The van der Waals surface area contributed by atoms with Gasteiger partial charge in [-0.1, -0.05) is 27.7 Å². The molecule has 1 aromatic carbocycles. The maximum atomic E-state index is 12.6. The molecule has 0 bridgehead atoms. The van der Waals surface area contributed by atoms with Crippen molar-refractivity contribution >= 4 is 28.8 Å². The average Bonchev–Trinajstić information content (AvgIpc) is 2.78. The highest BCUT2D eigenvalue weighted by Crippen LogP contribution is 2.29. The molecule has 34 heavy (non-hydrogen) atoms. The van der Waals surface area contributed by atoms with Crippen molar-refractivity contribution in [2.75, 3.05) is 6.61 Å². The van der Waals surface area contributed by atoms with E-state index in [1.807, 2.05) is 6.07 Å². The smallest absolute Gasteiger partial charge is 0.339 e. The summed E-state index contributed by atoms with van der Waals surface area (Å²) in [5.74, 6) is -2.46. The number of fused-ring (bicyclic) bond motifs is 3. The van der Waals surface area contributed by atoms with Gasteiger partial charge in [-0.15, -0.1) is 0 Å². The lowest BCUT2D eigenvalue weighted by molar-refractivity contribution is -0.143. The molecule has 1 aromatic heterocycles. The monoisotopic (exact) mass is 472 g/mol. The molecule has 1 heterocycles. The second-order valence-corrected chi connectivity index (χ2v) is 9.36. The number of carbonyl (C=O) groups excluding carboxylic acids is 2. The van der Waals surface area contributed by atoms with Crippen LogP contribution in [0.1, 0.15) is 51.7 Å². The van der Waals surface area contributed by atoms with Crippen LogP contribution in [0.5, 0.6) is 5.75 Å². The lowest BCUT2D eigenvalue weighted by Gasteiger charge is -2.25. The number of hydrogen-bond acceptors (Lipinski definition) is 6. The predicted molar refractivity (Wildman–Crippen MR) is 126 cm³/mol. The Morgan fingerprint density at radius 2 is 1.65 bits per heavy atom. The molecule has 3 N–H and O–H groups in total. The van der Waals surface area contributed by atoms with Crippen molar-refractivity contribution in [3.05, 3.63) is 39.7 Å². The lowest BCUT2D eigenvalue weighted by atomic mass is 9.91. The third-order valence-corrected chi connectivity index (χ3v) is 6.06. The molecule has 0 fully saturated rings. The molecular weight excluding hydrogens is 440 g/mol. The van der Waals surface area contributed by atoms with Crippen LogP contribution in [0.15, 0.2) is 27.4 Å². The van der Waals surface area contributed by atoms with E-state index in [9.17, 15) is 24.3 Å². The van der Waals surface area contributed by atoms with Gasteiger partial charge in [0.05, 0.1) is 0 Å². The van der Waals surface area contributed by atoms with Crippen LogP contribution in [-0.4, -0.2) is 41.6 Å². The average molecular weight is 473 g/mol. The number of rotatable bonds is 9. The molecule has 2 aromatic rings. The number of benzene rings is 1. The molecule has 9 nitrogen and oxygen atoms in total. The zero-order valence-electron chi connectivity index (χ0n) is 20.0. The van der Waals surface area contributed by atoms with Gasteiger partial charge in [0, 0.05) is 17.0 Å². The maximum Gasteiger partial charge on any atom is 0.339 e. The summed E-state index contributed by atoms with van der Waals surface area (Å²) in [7, 11) is 0. The van der Waals surface area contributed by atoms with Crippen molar-refractivity contribution in [2.45, 2.75) is 65.5 Å². The van der Waals surface area contributed by atoms with E-state index in [0.29, 0.717) is 11.3 Å². The first kappa shape index (κ1) is 25.3. The number of aliphatic carboxylic acids is 1. The minimum absolute atomic E-state index is 0.272. The molecule has 0 spiro atoms. The SMILES string of the molecule is CC(C)[C@H](NC(=O)[C@@H](NC(=O)COc1ccc2c3c(c(=O)oc2c1)CCCC3)C(C)C)C(=O)O. The van der Waals surface area contributed by atoms with Crippen LogP contribution in [0.2, 0.25) is 0 Å². The fraction of sp³-hybridized carbons (Fsp3) is 0.520. The molecule has 1 aliphatic rings. The molecule has 1 aliphatic carbocycles. The molecule has 9 heteroatoms. The second kappa shape index (κ2) is 10.7. The number of aryl methyl sites for hydroxylation is 1. The highest BCUT2D eigenvalue weighted by Gasteiger charge is 2.30. The third-order valence-electron chi connectivity index (χ3n) is 6.06. The summed E-state index contributed by atoms with van der Waals surface area (Å²) in [6.07, 6.45) is 3.56. The van der Waals surface area contributed by atoms with Crippen LogP contribution in [-0.2, 0) is 27.2 Å². The van der Waals surface area contributed by atoms with E-state index in [-0.39, 0.29) is 24.1 Å². The van der Waals surface area contributed by atoms with Crippen molar-refractivity contribution in [1.29, 1.82) is 0 Å². The van der Waals surface area contributed by atoms with Crippen molar-refractivity contribution in [2.24, 2.45) is 11.8 Å². The molecule has 0 saturated carbocycles. The minimum atomic E-state index is -1.13. The second-order valence-electron chi connectivity index (χ2n) is 9.36. The first-order chi connectivity index (χ1) is 16.1. The number of ether oxygens (including phenoxy) is 1. The lowest BCUT2D eigenvalue weighted by Crippen LogP contribution is -2.55. The molecule has 184 valence electrons. The Bertz CT molecular complexity index is 1140. The van der Waals surface area contributed by atoms with Crippen LogP contribution in [0.3, 0.4) is 0 Å². The summed E-state index contributed by atoms with van der Waals surface area (Å²) in [4.78, 5) is 48.8. The first-order valence-corrected chi connectivity index (χ1v) is 11.6. The van der Waals surface area contributed by atoms with Crippen LogP contribution < -0.4 is 21.0 Å². The van der Waals surface area contributed by atoms with Gasteiger partial charge in [-0.2, -0.15) is 0 Å². The zero-order valence-corrected chi connectivity index (χ0v) is 20.0. The third kappa shape index (κ3) is 5.76. The number of amides is 2. The Kier molecular flexibility index (Phi) is 7.96. The number of nitrogens with one attached hydrogen (secondary N) is 2. The first-order valence-electron chi connectivity index (χ1n) is 11.6. The van der Waals surface area contributed by atoms with E-state index >= 15 is 0 Å². The highest BCUT2D eigenvalue weighted by molar-refractivity contribution is 5.91. The quantitative estimate of drug-likeness (QED) is 0.477. The summed E-state index contributed by atoms with van der Waals surface area (Å²) < 4.78 is 11.1. The highest BCUT2D eigenvalue weighted by atomic mass is 16.5.